The number of hydrogen-bond acceptors (Lipinski definition) is 2. The van der Waals surface area contributed by atoms with Crippen molar-refractivity contribution >= 4 is 23.2 Å². The minimum Gasteiger partial charge on any atom is -0.435 e. The molecular formula is C18H20ClF2NO2. The summed E-state index contributed by atoms with van der Waals surface area (Å²) in [5.74, 6) is 1.20. The fourth-order valence-corrected chi connectivity index (χ4v) is 6.09. The largest absolute Gasteiger partial charge is 0.435 e. The molecule has 1 amide bonds. The molecule has 4 fully saturated rings. The minimum absolute atomic E-state index is 0.0177. The molecule has 4 saturated carbocycles. The number of anilines is 1. The molecular weight excluding hydrogens is 336 g/mol. The van der Waals surface area contributed by atoms with Gasteiger partial charge in [0.2, 0.25) is 5.91 Å². The number of carbonyl (C=O) groups is 1. The molecule has 0 aromatic heterocycles. The first-order chi connectivity index (χ1) is 11.4. The predicted molar refractivity (Wildman–Crippen MR) is 87.4 cm³/mol. The third kappa shape index (κ3) is 2.87. The molecule has 2 atom stereocenters. The van der Waals surface area contributed by atoms with Crippen LogP contribution in [0, 0.1) is 17.3 Å². The summed E-state index contributed by atoms with van der Waals surface area (Å²) in [5, 5.41) is 2.96. The van der Waals surface area contributed by atoms with Crippen LogP contribution in [-0.2, 0) is 4.79 Å². The van der Waals surface area contributed by atoms with Gasteiger partial charge in [-0.15, -0.1) is 11.6 Å². The fourth-order valence-electron chi connectivity index (χ4n) is 5.40. The molecule has 6 heteroatoms. The van der Waals surface area contributed by atoms with Gasteiger partial charge in [0.1, 0.15) is 5.75 Å². The maximum Gasteiger partial charge on any atom is 0.387 e. The second-order valence-corrected chi connectivity index (χ2v) is 8.55. The highest BCUT2D eigenvalue weighted by molar-refractivity contribution is 6.24. The number of halogens is 3. The van der Waals surface area contributed by atoms with Crippen molar-refractivity contribution in [2.24, 2.45) is 17.3 Å². The van der Waals surface area contributed by atoms with Crippen LogP contribution in [0.2, 0.25) is 0 Å². The van der Waals surface area contributed by atoms with Crippen LogP contribution in [0.5, 0.6) is 5.75 Å². The van der Waals surface area contributed by atoms with Gasteiger partial charge in [0.25, 0.3) is 0 Å². The monoisotopic (exact) mass is 355 g/mol. The summed E-state index contributed by atoms with van der Waals surface area (Å²) in [6, 6.07) is 6.05. The lowest BCUT2D eigenvalue weighted by atomic mass is 9.49. The van der Waals surface area contributed by atoms with E-state index in [9.17, 15) is 13.6 Å². The topological polar surface area (TPSA) is 38.3 Å². The maximum atomic E-state index is 12.9. The molecule has 1 aromatic rings. The van der Waals surface area contributed by atoms with E-state index in [2.05, 4.69) is 10.1 Å². The van der Waals surface area contributed by atoms with Crippen LogP contribution in [0.3, 0.4) is 0 Å². The van der Waals surface area contributed by atoms with Gasteiger partial charge in [-0.1, -0.05) is 0 Å². The number of alkyl halides is 3. The van der Waals surface area contributed by atoms with E-state index in [1.807, 2.05) is 0 Å². The normalized spacial score (nSPS) is 36.8. The zero-order chi connectivity index (χ0) is 16.9. The van der Waals surface area contributed by atoms with Gasteiger partial charge in [0, 0.05) is 10.6 Å². The Morgan fingerprint density at radius 2 is 1.79 bits per heavy atom. The molecule has 0 radical (unpaired) electrons. The van der Waals surface area contributed by atoms with Gasteiger partial charge in [-0.25, -0.2) is 0 Å². The van der Waals surface area contributed by atoms with E-state index in [1.54, 1.807) is 12.1 Å². The number of hydrogen-bond donors (Lipinski definition) is 1. The minimum atomic E-state index is -2.85. The van der Waals surface area contributed by atoms with E-state index in [-0.39, 0.29) is 21.9 Å². The van der Waals surface area contributed by atoms with Crippen molar-refractivity contribution in [3.63, 3.8) is 0 Å². The van der Waals surface area contributed by atoms with Crippen LogP contribution in [0.1, 0.15) is 38.5 Å². The summed E-state index contributed by atoms with van der Waals surface area (Å²) in [5.41, 5.74) is 0.227. The molecule has 24 heavy (non-hydrogen) atoms. The van der Waals surface area contributed by atoms with Crippen LogP contribution >= 0.6 is 11.6 Å². The highest BCUT2D eigenvalue weighted by Crippen LogP contribution is 2.64. The number of ether oxygens (including phenoxy) is 1. The molecule has 5 rings (SSSR count). The smallest absolute Gasteiger partial charge is 0.387 e. The van der Waals surface area contributed by atoms with Crippen molar-refractivity contribution in [2.75, 3.05) is 5.32 Å². The van der Waals surface area contributed by atoms with Crippen LogP contribution in [0.25, 0.3) is 0 Å². The van der Waals surface area contributed by atoms with E-state index in [1.165, 1.54) is 18.6 Å². The molecule has 1 N–H and O–H groups in total. The fraction of sp³-hybridized carbons (Fsp3) is 0.611. The third-order valence-corrected chi connectivity index (χ3v) is 6.25. The SMILES string of the molecule is O=C(Nc1ccc(OC(F)F)cc1)C12C[C@H]3C[C@@H](CC(Cl)(C3)C1)C2. The quantitative estimate of drug-likeness (QED) is 0.787. The van der Waals surface area contributed by atoms with Gasteiger partial charge in [-0.3, -0.25) is 4.79 Å². The molecule has 4 bridgehead atoms. The number of benzene rings is 1. The van der Waals surface area contributed by atoms with Gasteiger partial charge < -0.3 is 10.1 Å². The van der Waals surface area contributed by atoms with Crippen molar-refractivity contribution in [3.05, 3.63) is 24.3 Å². The van der Waals surface area contributed by atoms with Crippen molar-refractivity contribution in [2.45, 2.75) is 50.0 Å². The summed E-state index contributed by atoms with van der Waals surface area (Å²) in [6.07, 6.45) is 5.82. The van der Waals surface area contributed by atoms with E-state index < -0.39 is 6.61 Å². The Balaban J connectivity index is 1.48. The molecule has 0 heterocycles. The van der Waals surface area contributed by atoms with E-state index in [0.717, 1.165) is 32.1 Å². The number of rotatable bonds is 4. The van der Waals surface area contributed by atoms with Crippen molar-refractivity contribution < 1.29 is 18.3 Å². The second-order valence-electron chi connectivity index (χ2n) is 7.75. The van der Waals surface area contributed by atoms with Crippen LogP contribution < -0.4 is 10.1 Å². The molecule has 4 aliphatic rings. The zero-order valence-corrected chi connectivity index (χ0v) is 14.0. The lowest BCUT2D eigenvalue weighted by Gasteiger charge is -2.59. The average Bonchev–Trinajstić information content (AvgIpc) is 2.46. The summed E-state index contributed by atoms with van der Waals surface area (Å²) in [6.45, 7) is -2.85. The molecule has 130 valence electrons. The number of carbonyl (C=O) groups excluding carboxylic acids is 1. The lowest BCUT2D eigenvalue weighted by molar-refractivity contribution is -0.138. The molecule has 3 nitrogen and oxygen atoms in total. The van der Waals surface area contributed by atoms with Gasteiger partial charge in [-0.05, 0) is 74.6 Å². The Bertz CT molecular complexity index is 635. The zero-order valence-electron chi connectivity index (χ0n) is 13.2. The highest BCUT2D eigenvalue weighted by atomic mass is 35.5. The number of amides is 1. The van der Waals surface area contributed by atoms with Gasteiger partial charge in [0.05, 0.1) is 5.41 Å². The number of nitrogens with one attached hydrogen (secondary N) is 1. The summed E-state index contributed by atoms with van der Waals surface area (Å²) in [7, 11) is 0. The first kappa shape index (κ1) is 16.1. The second kappa shape index (κ2) is 5.58. The van der Waals surface area contributed by atoms with Crippen LogP contribution in [0.4, 0.5) is 14.5 Å². The summed E-state index contributed by atoms with van der Waals surface area (Å²) in [4.78, 5) is 12.7. The lowest BCUT2D eigenvalue weighted by Crippen LogP contribution is -2.57. The highest BCUT2D eigenvalue weighted by Gasteiger charge is 2.60. The van der Waals surface area contributed by atoms with Crippen molar-refractivity contribution in [1.82, 2.24) is 0 Å². The Labute approximate surface area is 144 Å². The standard InChI is InChI=1S/C18H20ClF2NO2/c19-18-8-11-5-12(9-18)7-17(6-11,10-18)15(23)22-13-1-3-14(4-2-13)24-16(20)21/h1-4,11-12,16H,5-10H2,(H,22,23)/t11-,12-,17?,18?/m1/s1. The molecule has 1 aromatic carbocycles. The maximum absolute atomic E-state index is 12.9. The molecule has 0 aliphatic heterocycles. The average molecular weight is 356 g/mol. The molecule has 0 spiro atoms. The van der Waals surface area contributed by atoms with E-state index >= 15 is 0 Å². The molecule has 0 unspecified atom stereocenters. The van der Waals surface area contributed by atoms with E-state index in [4.69, 9.17) is 11.6 Å². The molecule has 4 aliphatic carbocycles. The summed E-state index contributed by atoms with van der Waals surface area (Å²) < 4.78 is 28.7. The Morgan fingerprint density at radius 3 is 2.33 bits per heavy atom. The Hall–Kier alpha value is -1.36. The Morgan fingerprint density at radius 1 is 1.17 bits per heavy atom. The first-order valence-electron chi connectivity index (χ1n) is 8.41. The van der Waals surface area contributed by atoms with Crippen LogP contribution in [0.15, 0.2) is 24.3 Å². The van der Waals surface area contributed by atoms with Crippen LogP contribution in [-0.4, -0.2) is 17.4 Å². The van der Waals surface area contributed by atoms with Crippen molar-refractivity contribution in [1.29, 1.82) is 0 Å². The summed E-state index contributed by atoms with van der Waals surface area (Å²) >= 11 is 6.77. The van der Waals surface area contributed by atoms with Gasteiger partial charge in [-0.2, -0.15) is 8.78 Å². The van der Waals surface area contributed by atoms with Gasteiger partial charge in [0.15, 0.2) is 0 Å². The predicted octanol–water partition coefficient (Wildman–Crippen LogP) is 4.80. The van der Waals surface area contributed by atoms with Crippen molar-refractivity contribution in [3.8, 4) is 5.75 Å². The van der Waals surface area contributed by atoms with Gasteiger partial charge >= 0.3 is 6.61 Å². The first-order valence-corrected chi connectivity index (χ1v) is 8.79. The molecule has 0 saturated heterocycles. The third-order valence-electron chi connectivity index (χ3n) is 5.81. The Kier molecular flexibility index (Phi) is 3.75. The van der Waals surface area contributed by atoms with E-state index in [0.29, 0.717) is 17.5 Å².